The minimum atomic E-state index is -3.99. The van der Waals surface area contributed by atoms with Gasteiger partial charge in [-0.1, -0.05) is 0 Å². The number of halogens is 1. The van der Waals surface area contributed by atoms with Crippen LogP contribution in [-0.2, 0) is 10.0 Å². The fourth-order valence-electron chi connectivity index (χ4n) is 2.97. The van der Waals surface area contributed by atoms with E-state index in [9.17, 15) is 12.8 Å². The maximum absolute atomic E-state index is 13.5. The van der Waals surface area contributed by atoms with Crippen molar-refractivity contribution in [1.82, 2.24) is 4.90 Å². The Bertz CT molecular complexity index is 879. The van der Waals surface area contributed by atoms with Crippen LogP contribution in [0.5, 0.6) is 11.5 Å². The Balaban J connectivity index is 1.70. The van der Waals surface area contributed by atoms with E-state index < -0.39 is 15.8 Å². The minimum Gasteiger partial charge on any atom is -0.495 e. The van der Waals surface area contributed by atoms with Crippen molar-refractivity contribution in [2.24, 2.45) is 0 Å². The van der Waals surface area contributed by atoms with Crippen LogP contribution in [0.3, 0.4) is 0 Å². The van der Waals surface area contributed by atoms with Gasteiger partial charge < -0.3 is 14.4 Å². The van der Waals surface area contributed by atoms with Gasteiger partial charge in [0.05, 0.1) is 7.11 Å². The number of nitrogens with one attached hydrogen (secondary N) is 1. The van der Waals surface area contributed by atoms with E-state index in [0.29, 0.717) is 11.4 Å². The van der Waals surface area contributed by atoms with Gasteiger partial charge in [-0.05, 0) is 62.4 Å². The monoisotopic (exact) mass is 394 g/mol. The number of nitrogens with zero attached hydrogens (tertiary/aromatic N) is 1. The van der Waals surface area contributed by atoms with Crippen LogP contribution in [0.2, 0.25) is 0 Å². The van der Waals surface area contributed by atoms with Gasteiger partial charge in [0.25, 0.3) is 10.0 Å². The summed E-state index contributed by atoms with van der Waals surface area (Å²) in [5.74, 6) is 0.111. The number of hydrogen-bond donors (Lipinski definition) is 1. The Morgan fingerprint density at radius 2 is 1.78 bits per heavy atom. The third-order valence-corrected chi connectivity index (χ3v) is 5.89. The molecular weight excluding hydrogens is 371 g/mol. The highest BCUT2D eigenvalue weighted by Crippen LogP contribution is 2.27. The summed E-state index contributed by atoms with van der Waals surface area (Å²) in [6.07, 6.45) is 2.09. The third kappa shape index (κ3) is 4.90. The van der Waals surface area contributed by atoms with E-state index in [1.807, 2.05) is 0 Å². The highest BCUT2D eigenvalue weighted by atomic mass is 32.2. The lowest BCUT2D eigenvalue weighted by molar-refractivity contribution is 0.114. The molecule has 1 N–H and O–H groups in total. The van der Waals surface area contributed by atoms with Gasteiger partial charge in [-0.15, -0.1) is 0 Å². The lowest BCUT2D eigenvalue weighted by Gasteiger charge is -2.29. The first-order chi connectivity index (χ1) is 12.9. The van der Waals surface area contributed by atoms with Gasteiger partial charge in [-0.3, -0.25) is 4.72 Å². The molecule has 2 aromatic rings. The lowest BCUT2D eigenvalue weighted by atomic mass is 10.1. The molecule has 1 aliphatic heterocycles. The summed E-state index contributed by atoms with van der Waals surface area (Å²) in [5, 5.41) is 0. The largest absolute Gasteiger partial charge is 0.495 e. The Hall–Kier alpha value is -2.32. The van der Waals surface area contributed by atoms with E-state index in [-0.39, 0.29) is 16.7 Å². The molecule has 0 saturated carbocycles. The molecule has 3 rings (SSSR count). The summed E-state index contributed by atoms with van der Waals surface area (Å²) >= 11 is 0. The van der Waals surface area contributed by atoms with Crippen molar-refractivity contribution >= 4 is 15.7 Å². The summed E-state index contributed by atoms with van der Waals surface area (Å²) in [6.45, 7) is 2.00. The first-order valence-corrected chi connectivity index (χ1v) is 10.2. The molecule has 0 aliphatic carbocycles. The Kier molecular flexibility index (Phi) is 5.86. The molecule has 0 unspecified atom stereocenters. The smallest absolute Gasteiger partial charge is 0.265 e. The Labute approximate surface area is 159 Å². The highest BCUT2D eigenvalue weighted by Gasteiger charge is 2.21. The number of ether oxygens (including phenoxy) is 2. The fraction of sp³-hybridized carbons (Fsp3) is 0.368. The van der Waals surface area contributed by atoms with E-state index in [2.05, 4.69) is 16.7 Å². The first-order valence-electron chi connectivity index (χ1n) is 8.69. The molecule has 0 aromatic heterocycles. The van der Waals surface area contributed by atoms with Crippen LogP contribution in [-0.4, -0.2) is 46.7 Å². The number of methoxy groups -OCH3 is 1. The zero-order valence-corrected chi connectivity index (χ0v) is 16.1. The molecule has 0 bridgehead atoms. The van der Waals surface area contributed by atoms with Crippen molar-refractivity contribution in [3.8, 4) is 11.5 Å². The second-order valence-electron chi connectivity index (χ2n) is 6.55. The van der Waals surface area contributed by atoms with E-state index in [1.54, 1.807) is 24.3 Å². The molecular formula is C19H23FN2O4S. The molecule has 0 atom stereocenters. The van der Waals surface area contributed by atoms with Crippen LogP contribution in [0, 0.1) is 5.82 Å². The summed E-state index contributed by atoms with van der Waals surface area (Å²) in [4.78, 5) is 2.01. The molecule has 1 heterocycles. The topological polar surface area (TPSA) is 67.9 Å². The predicted octanol–water partition coefficient (Wildman–Crippen LogP) is 3.11. The molecule has 1 fully saturated rings. The van der Waals surface area contributed by atoms with Gasteiger partial charge >= 0.3 is 0 Å². The summed E-state index contributed by atoms with van der Waals surface area (Å²) < 4.78 is 52.0. The average Bonchev–Trinajstić information content (AvgIpc) is 2.65. The third-order valence-electron chi connectivity index (χ3n) is 4.49. The molecule has 0 amide bonds. The fourth-order valence-corrected chi connectivity index (χ4v) is 4.21. The van der Waals surface area contributed by atoms with Gasteiger partial charge in [0.15, 0.2) is 0 Å². The standard InChI is InChI=1S/C19H23FN2O4S/c1-22-11-9-17(10-12-22)26-16-6-4-15(5-7-16)21-27(23,24)19-13-14(20)3-8-18(19)25-2/h3-8,13,17,21H,9-12H2,1-2H3. The van der Waals surface area contributed by atoms with Crippen LogP contribution in [0.15, 0.2) is 47.4 Å². The number of rotatable bonds is 6. The number of hydrogen-bond acceptors (Lipinski definition) is 5. The Morgan fingerprint density at radius 1 is 1.11 bits per heavy atom. The van der Waals surface area contributed by atoms with Crippen LogP contribution < -0.4 is 14.2 Å². The first kappa shape index (κ1) is 19.4. The van der Waals surface area contributed by atoms with Crippen molar-refractivity contribution in [3.05, 3.63) is 48.3 Å². The predicted molar refractivity (Wildman–Crippen MR) is 101 cm³/mol. The zero-order chi connectivity index (χ0) is 19.4. The van der Waals surface area contributed by atoms with Crippen molar-refractivity contribution in [2.75, 3.05) is 32.0 Å². The quantitative estimate of drug-likeness (QED) is 0.815. The summed E-state index contributed by atoms with van der Waals surface area (Å²) in [5.41, 5.74) is 0.358. The van der Waals surface area contributed by atoms with E-state index in [0.717, 1.165) is 38.1 Å². The van der Waals surface area contributed by atoms with Crippen molar-refractivity contribution in [2.45, 2.75) is 23.8 Å². The maximum Gasteiger partial charge on any atom is 0.265 e. The molecule has 1 aliphatic rings. The normalized spacial score (nSPS) is 16.1. The summed E-state index contributed by atoms with van der Waals surface area (Å²) in [7, 11) is -0.563. The number of likely N-dealkylation sites (tertiary alicyclic amines) is 1. The van der Waals surface area contributed by atoms with Gasteiger partial charge in [-0.2, -0.15) is 0 Å². The number of piperidine rings is 1. The van der Waals surface area contributed by atoms with Crippen LogP contribution in [0.25, 0.3) is 0 Å². The van der Waals surface area contributed by atoms with Crippen molar-refractivity contribution in [1.29, 1.82) is 0 Å². The average molecular weight is 394 g/mol. The maximum atomic E-state index is 13.5. The molecule has 27 heavy (non-hydrogen) atoms. The minimum absolute atomic E-state index is 0.0751. The molecule has 146 valence electrons. The van der Waals surface area contributed by atoms with Crippen molar-refractivity contribution < 1.29 is 22.3 Å². The van der Waals surface area contributed by atoms with Gasteiger partial charge in [0.2, 0.25) is 0 Å². The SMILES string of the molecule is COc1ccc(F)cc1S(=O)(=O)Nc1ccc(OC2CCN(C)CC2)cc1. The van der Waals surface area contributed by atoms with Crippen LogP contribution in [0.1, 0.15) is 12.8 Å². The summed E-state index contributed by atoms with van der Waals surface area (Å²) in [6, 6.07) is 10.0. The van der Waals surface area contributed by atoms with Gasteiger partial charge in [-0.25, -0.2) is 12.8 Å². The number of sulfonamides is 1. The lowest BCUT2D eigenvalue weighted by Crippen LogP contribution is -2.35. The van der Waals surface area contributed by atoms with Gasteiger partial charge in [0, 0.05) is 18.8 Å². The number of anilines is 1. The molecule has 0 spiro atoms. The number of benzene rings is 2. The second kappa shape index (κ2) is 8.14. The molecule has 2 aromatic carbocycles. The van der Waals surface area contributed by atoms with E-state index >= 15 is 0 Å². The van der Waals surface area contributed by atoms with Crippen LogP contribution in [0.4, 0.5) is 10.1 Å². The Morgan fingerprint density at radius 3 is 2.41 bits per heavy atom. The van der Waals surface area contributed by atoms with Gasteiger partial charge in [0.1, 0.15) is 28.3 Å². The second-order valence-corrected chi connectivity index (χ2v) is 8.20. The van der Waals surface area contributed by atoms with Crippen LogP contribution >= 0.6 is 0 Å². The zero-order valence-electron chi connectivity index (χ0n) is 15.3. The molecule has 6 nitrogen and oxygen atoms in total. The molecule has 0 radical (unpaired) electrons. The van der Waals surface area contributed by atoms with E-state index in [4.69, 9.17) is 9.47 Å². The van der Waals surface area contributed by atoms with E-state index in [1.165, 1.54) is 13.2 Å². The highest BCUT2D eigenvalue weighted by molar-refractivity contribution is 7.92. The molecule has 8 heteroatoms. The molecule has 1 saturated heterocycles. The van der Waals surface area contributed by atoms with Crippen molar-refractivity contribution in [3.63, 3.8) is 0 Å².